The zero-order valence-electron chi connectivity index (χ0n) is 13.8. The van der Waals surface area contributed by atoms with E-state index in [9.17, 15) is 23.1 Å². The van der Waals surface area contributed by atoms with Gasteiger partial charge in [-0.2, -0.15) is 13.2 Å². The summed E-state index contributed by atoms with van der Waals surface area (Å²) in [5, 5.41) is 12.7. The molecule has 136 valence electrons. The van der Waals surface area contributed by atoms with E-state index in [-0.39, 0.29) is 24.0 Å². The molecular weight excluding hydrogens is 327 g/mol. The number of alkyl halides is 3. The van der Waals surface area contributed by atoms with Gasteiger partial charge < -0.3 is 19.6 Å². The summed E-state index contributed by atoms with van der Waals surface area (Å²) in [4.78, 5) is 12.1. The van der Waals surface area contributed by atoms with Gasteiger partial charge in [0, 0.05) is 6.04 Å². The smallest absolute Gasteiger partial charge is 0.425 e. The van der Waals surface area contributed by atoms with Crippen molar-refractivity contribution in [2.75, 3.05) is 0 Å². The quantitative estimate of drug-likeness (QED) is 0.877. The fraction of sp³-hybridized carbons (Fsp3) is 0.688. The number of hydrogen-bond donors (Lipinski definition) is 2. The van der Waals surface area contributed by atoms with Crippen LogP contribution in [0.1, 0.15) is 44.6 Å². The Morgan fingerprint density at radius 3 is 2.33 bits per heavy atom. The van der Waals surface area contributed by atoms with Crippen LogP contribution >= 0.6 is 0 Å². The zero-order valence-corrected chi connectivity index (χ0v) is 13.8. The van der Waals surface area contributed by atoms with Crippen molar-refractivity contribution >= 4 is 5.91 Å². The summed E-state index contributed by atoms with van der Waals surface area (Å²) in [6, 6.07) is 2.06. The average Bonchev–Trinajstić information content (AvgIpc) is 2.82. The predicted molar refractivity (Wildman–Crippen MR) is 79.2 cm³/mol. The molecule has 1 aliphatic heterocycles. The van der Waals surface area contributed by atoms with Gasteiger partial charge in [-0.1, -0.05) is 0 Å². The van der Waals surface area contributed by atoms with E-state index >= 15 is 0 Å². The first kappa shape index (κ1) is 18.8. The van der Waals surface area contributed by atoms with Crippen LogP contribution in [0.25, 0.3) is 0 Å². The van der Waals surface area contributed by atoms with Gasteiger partial charge in [0.1, 0.15) is 11.5 Å². The first-order chi connectivity index (χ1) is 11.0. The van der Waals surface area contributed by atoms with Gasteiger partial charge in [0.05, 0.1) is 18.6 Å². The summed E-state index contributed by atoms with van der Waals surface area (Å²) in [6.07, 6.45) is -5.34. The number of rotatable bonds is 4. The summed E-state index contributed by atoms with van der Waals surface area (Å²) in [5.41, 5.74) is -3.35. The fourth-order valence-corrected chi connectivity index (χ4v) is 3.02. The second-order valence-corrected chi connectivity index (χ2v) is 6.44. The lowest BCUT2D eigenvalue weighted by atomic mass is 9.94. The van der Waals surface area contributed by atoms with Crippen LogP contribution in [0.5, 0.6) is 0 Å². The van der Waals surface area contributed by atoms with Crippen molar-refractivity contribution in [2.24, 2.45) is 0 Å². The van der Waals surface area contributed by atoms with Crippen LogP contribution in [-0.4, -0.2) is 35.4 Å². The highest BCUT2D eigenvalue weighted by Gasteiger charge is 2.58. The molecule has 1 aromatic rings. The highest BCUT2D eigenvalue weighted by Crippen LogP contribution is 2.42. The normalized spacial score (nSPS) is 27.5. The standard InChI is InChI=1S/C16H22F3NO4/c1-9-4-5-13(24-9)15(22,16(17,18)19)8-14(21)20-12-6-10(2)23-11(3)7-12/h4-5,10-12,22H,6-8H2,1-3H3,(H,20,21). The molecule has 2 rings (SSSR count). The van der Waals surface area contributed by atoms with E-state index in [0.717, 1.165) is 6.07 Å². The number of carbonyl (C=O) groups is 1. The van der Waals surface area contributed by atoms with Gasteiger partial charge in [0.2, 0.25) is 11.5 Å². The molecule has 1 fully saturated rings. The molecule has 0 saturated carbocycles. The number of aryl methyl sites for hydroxylation is 1. The number of amides is 1. The van der Waals surface area contributed by atoms with E-state index in [0.29, 0.717) is 12.8 Å². The first-order valence-electron chi connectivity index (χ1n) is 7.82. The maximum absolute atomic E-state index is 13.4. The largest absolute Gasteiger partial charge is 0.463 e. The SMILES string of the molecule is Cc1ccc(C(O)(CC(=O)NC2CC(C)OC(C)C2)C(F)(F)F)o1. The monoisotopic (exact) mass is 349 g/mol. The van der Waals surface area contributed by atoms with E-state index < -0.39 is 29.9 Å². The Kier molecular flexibility index (Phi) is 5.29. The van der Waals surface area contributed by atoms with Gasteiger partial charge in [0.25, 0.3) is 0 Å². The molecule has 24 heavy (non-hydrogen) atoms. The minimum absolute atomic E-state index is 0.0896. The van der Waals surface area contributed by atoms with Crippen molar-refractivity contribution < 1.29 is 32.2 Å². The molecule has 2 N–H and O–H groups in total. The maximum Gasteiger partial charge on any atom is 0.425 e. The number of nitrogens with one attached hydrogen (secondary N) is 1. The Balaban J connectivity index is 2.11. The Hall–Kier alpha value is -1.54. The summed E-state index contributed by atoms with van der Waals surface area (Å²) in [5.74, 6) is -1.34. The molecule has 1 saturated heterocycles. The van der Waals surface area contributed by atoms with Crippen molar-refractivity contribution in [1.82, 2.24) is 5.32 Å². The van der Waals surface area contributed by atoms with E-state index in [1.165, 1.54) is 13.0 Å². The number of furan rings is 1. The molecule has 1 aliphatic rings. The van der Waals surface area contributed by atoms with Crippen molar-refractivity contribution in [3.05, 3.63) is 23.7 Å². The fourth-order valence-electron chi connectivity index (χ4n) is 3.02. The van der Waals surface area contributed by atoms with Crippen LogP contribution < -0.4 is 5.32 Å². The minimum Gasteiger partial charge on any atom is -0.463 e. The van der Waals surface area contributed by atoms with Crippen molar-refractivity contribution in [2.45, 2.75) is 70.1 Å². The van der Waals surface area contributed by atoms with Crippen LogP contribution in [0.2, 0.25) is 0 Å². The maximum atomic E-state index is 13.4. The Labute approximate surface area is 138 Å². The number of hydrogen-bond acceptors (Lipinski definition) is 4. The molecule has 1 amide bonds. The molecule has 0 aliphatic carbocycles. The highest BCUT2D eigenvalue weighted by molar-refractivity contribution is 5.77. The van der Waals surface area contributed by atoms with Gasteiger partial charge in [-0.25, -0.2) is 0 Å². The lowest BCUT2D eigenvalue weighted by Crippen LogP contribution is -2.49. The average molecular weight is 349 g/mol. The molecule has 5 nitrogen and oxygen atoms in total. The van der Waals surface area contributed by atoms with Crippen molar-refractivity contribution in [3.8, 4) is 0 Å². The number of aliphatic hydroxyl groups is 1. The van der Waals surface area contributed by atoms with Gasteiger partial charge >= 0.3 is 6.18 Å². The molecule has 0 bridgehead atoms. The van der Waals surface area contributed by atoms with Crippen molar-refractivity contribution in [3.63, 3.8) is 0 Å². The summed E-state index contributed by atoms with van der Waals surface area (Å²) in [7, 11) is 0. The van der Waals surface area contributed by atoms with E-state index in [2.05, 4.69) is 5.32 Å². The summed E-state index contributed by atoms with van der Waals surface area (Å²) < 4.78 is 50.5. The van der Waals surface area contributed by atoms with E-state index in [1.807, 2.05) is 13.8 Å². The number of carbonyl (C=O) groups excluding carboxylic acids is 1. The van der Waals surface area contributed by atoms with Gasteiger partial charge in [-0.3, -0.25) is 4.79 Å². The molecule has 8 heteroatoms. The Morgan fingerprint density at radius 2 is 1.88 bits per heavy atom. The van der Waals surface area contributed by atoms with E-state index in [4.69, 9.17) is 9.15 Å². The minimum atomic E-state index is -5.04. The number of ether oxygens (including phenoxy) is 1. The van der Waals surface area contributed by atoms with Crippen LogP contribution in [0, 0.1) is 6.92 Å². The zero-order chi connectivity index (χ0) is 18.1. The topological polar surface area (TPSA) is 71.7 Å². The third-order valence-electron chi connectivity index (χ3n) is 4.10. The van der Waals surface area contributed by atoms with Crippen molar-refractivity contribution in [1.29, 1.82) is 0 Å². The number of halogens is 3. The first-order valence-corrected chi connectivity index (χ1v) is 7.82. The van der Waals surface area contributed by atoms with Crippen LogP contribution in [0.15, 0.2) is 16.5 Å². The van der Waals surface area contributed by atoms with Crippen LogP contribution in [0.4, 0.5) is 13.2 Å². The predicted octanol–water partition coefficient (Wildman–Crippen LogP) is 2.80. The van der Waals surface area contributed by atoms with Gasteiger partial charge in [-0.15, -0.1) is 0 Å². The third kappa shape index (κ3) is 4.10. The molecule has 3 unspecified atom stereocenters. The Bertz CT molecular complexity index is 576. The second kappa shape index (κ2) is 6.76. The molecule has 3 atom stereocenters. The molecular formula is C16H22F3NO4. The summed E-state index contributed by atoms with van der Waals surface area (Å²) >= 11 is 0. The van der Waals surface area contributed by atoms with Crippen LogP contribution in [0.3, 0.4) is 0 Å². The van der Waals surface area contributed by atoms with Crippen LogP contribution in [-0.2, 0) is 15.1 Å². The lowest BCUT2D eigenvalue weighted by molar-refractivity contribution is -0.273. The third-order valence-corrected chi connectivity index (χ3v) is 4.10. The Morgan fingerprint density at radius 1 is 1.29 bits per heavy atom. The van der Waals surface area contributed by atoms with E-state index in [1.54, 1.807) is 0 Å². The molecule has 2 heterocycles. The second-order valence-electron chi connectivity index (χ2n) is 6.44. The lowest BCUT2D eigenvalue weighted by Gasteiger charge is -2.33. The van der Waals surface area contributed by atoms with Gasteiger partial charge in [0.15, 0.2) is 0 Å². The molecule has 0 radical (unpaired) electrons. The highest BCUT2D eigenvalue weighted by atomic mass is 19.4. The molecule has 0 spiro atoms. The molecule has 1 aromatic heterocycles. The molecule has 0 aromatic carbocycles. The summed E-state index contributed by atoms with van der Waals surface area (Å²) in [6.45, 7) is 5.14. The van der Waals surface area contributed by atoms with Gasteiger partial charge in [-0.05, 0) is 45.7 Å².